The number of nitrogens with zero attached hydrogens (tertiary/aromatic N) is 1. The quantitative estimate of drug-likeness (QED) is 0.180. The first-order valence-electron chi connectivity index (χ1n) is 14.1. The molecule has 3 fully saturated rings. The molecule has 8 atom stereocenters. The molecule has 1 aromatic rings. The normalized spacial score (nSPS) is 30.1. The van der Waals surface area contributed by atoms with Gasteiger partial charge in [0.2, 0.25) is 5.79 Å². The van der Waals surface area contributed by atoms with Gasteiger partial charge >= 0.3 is 37.6 Å². The van der Waals surface area contributed by atoms with Crippen molar-refractivity contribution in [2.45, 2.75) is 70.9 Å². The van der Waals surface area contributed by atoms with Crippen molar-refractivity contribution in [2.24, 2.45) is 11.8 Å². The van der Waals surface area contributed by atoms with Crippen LogP contribution in [-0.4, -0.2) is 92.2 Å². The first-order valence-corrected chi connectivity index (χ1v) is 15.6. The van der Waals surface area contributed by atoms with Crippen molar-refractivity contribution < 1.29 is 70.7 Å². The Morgan fingerprint density at radius 2 is 1.53 bits per heavy atom. The second-order valence-electron chi connectivity index (χ2n) is 10.6. The van der Waals surface area contributed by atoms with Gasteiger partial charge in [-0.3, -0.25) is 28.5 Å². The van der Waals surface area contributed by atoms with Crippen molar-refractivity contribution in [2.75, 3.05) is 27.4 Å². The molecule has 1 saturated carbocycles. The van der Waals surface area contributed by atoms with Gasteiger partial charge in [0.15, 0.2) is 18.5 Å². The molecule has 0 N–H and O–H groups in total. The second-order valence-corrected chi connectivity index (χ2v) is 12.4. The van der Waals surface area contributed by atoms with Crippen molar-refractivity contribution in [1.29, 1.82) is 0 Å². The van der Waals surface area contributed by atoms with Crippen LogP contribution >= 0.6 is 7.75 Å². The average Bonchev–Trinajstić information content (AvgIpc) is 3.51. The monoisotopic (exact) mass is 657 g/mol. The Kier molecular flexibility index (Phi) is 10.4. The minimum absolute atomic E-state index is 0.0914. The van der Waals surface area contributed by atoms with Crippen LogP contribution in [0, 0.1) is 11.8 Å². The maximum atomic E-state index is 14.8. The number of methoxy groups -OCH3 is 2. The van der Waals surface area contributed by atoms with Crippen LogP contribution in [0.15, 0.2) is 24.3 Å². The first kappa shape index (κ1) is 34.2. The lowest BCUT2D eigenvalue weighted by Crippen LogP contribution is -2.66. The maximum absolute atomic E-state index is 14.8. The smallest absolute Gasteiger partial charge is 0.464 e. The zero-order chi connectivity index (χ0) is 33.1. The van der Waals surface area contributed by atoms with E-state index in [-0.39, 0.29) is 18.7 Å². The SMILES string of the molecule is COC(=O)[C@@H]1CCCN1P(=O)(Oc1ccc(OC)cc1)O[C@H]1OC2(OC(C)=O)C1C(OC(C)=O)[C@H](OC(C)=O)C2COC(C)=O. The number of carbonyl (C=O) groups is 5. The lowest BCUT2D eigenvalue weighted by atomic mass is 9.89. The molecular weight excluding hydrogens is 621 g/mol. The number of ether oxygens (including phenoxy) is 7. The summed E-state index contributed by atoms with van der Waals surface area (Å²) in [6.45, 7) is 4.09. The third-order valence-electron chi connectivity index (χ3n) is 7.55. The van der Waals surface area contributed by atoms with Gasteiger partial charge in [0.1, 0.15) is 36.0 Å². The van der Waals surface area contributed by atoms with Gasteiger partial charge in [0.05, 0.1) is 14.2 Å². The number of fused-ring (bicyclic) bond motifs is 1. The maximum Gasteiger partial charge on any atom is 0.464 e. The summed E-state index contributed by atoms with van der Waals surface area (Å²) in [7, 11) is -1.87. The van der Waals surface area contributed by atoms with E-state index < -0.39 is 86.4 Å². The molecule has 1 aromatic carbocycles. The fourth-order valence-electron chi connectivity index (χ4n) is 5.86. The van der Waals surface area contributed by atoms with E-state index in [4.69, 9.17) is 42.2 Å². The number of carbonyl (C=O) groups excluding carboxylic acids is 5. The number of benzene rings is 1. The van der Waals surface area contributed by atoms with Crippen LogP contribution in [0.3, 0.4) is 0 Å². The highest BCUT2D eigenvalue weighted by Crippen LogP contribution is 2.64. The summed E-state index contributed by atoms with van der Waals surface area (Å²) in [6.07, 6.45) is -3.57. The highest BCUT2D eigenvalue weighted by Gasteiger charge is 2.78. The zero-order valence-electron chi connectivity index (χ0n) is 25.6. The summed E-state index contributed by atoms with van der Waals surface area (Å²) in [5, 5.41) is 0. The summed E-state index contributed by atoms with van der Waals surface area (Å²) in [5.41, 5.74) is 0. The minimum atomic E-state index is -4.54. The van der Waals surface area contributed by atoms with Crippen molar-refractivity contribution in [1.82, 2.24) is 4.67 Å². The van der Waals surface area contributed by atoms with E-state index in [1.54, 1.807) is 12.1 Å². The van der Waals surface area contributed by atoms with Gasteiger partial charge in [0.25, 0.3) is 0 Å². The molecule has 2 saturated heterocycles. The molecule has 0 aromatic heterocycles. The Labute approximate surface area is 259 Å². The molecule has 2 heterocycles. The molecule has 17 heteroatoms. The van der Waals surface area contributed by atoms with E-state index >= 15 is 0 Å². The van der Waals surface area contributed by atoms with Crippen LogP contribution in [0.2, 0.25) is 0 Å². The van der Waals surface area contributed by atoms with Gasteiger partial charge in [-0.1, -0.05) is 0 Å². The van der Waals surface area contributed by atoms with Crippen LogP contribution in [-0.2, 0) is 61.5 Å². The summed E-state index contributed by atoms with van der Waals surface area (Å²) >= 11 is 0. The van der Waals surface area contributed by atoms with Crippen LogP contribution in [0.25, 0.3) is 0 Å². The lowest BCUT2D eigenvalue weighted by Gasteiger charge is -2.51. The average molecular weight is 658 g/mol. The highest BCUT2D eigenvalue weighted by atomic mass is 31.2. The number of hydrogen-bond acceptors (Lipinski definition) is 15. The summed E-state index contributed by atoms with van der Waals surface area (Å²) in [5.74, 6) is -7.67. The lowest BCUT2D eigenvalue weighted by molar-refractivity contribution is -0.422. The Morgan fingerprint density at radius 1 is 0.911 bits per heavy atom. The molecular formula is C28H36NO15P. The fraction of sp³-hybridized carbons (Fsp3) is 0.607. The van der Waals surface area contributed by atoms with Crippen molar-refractivity contribution in [3.63, 3.8) is 0 Å². The largest absolute Gasteiger partial charge is 0.497 e. The fourth-order valence-corrected chi connectivity index (χ4v) is 7.89. The predicted octanol–water partition coefficient (Wildman–Crippen LogP) is 2.12. The third kappa shape index (κ3) is 7.08. The van der Waals surface area contributed by atoms with Gasteiger partial charge in [-0.25, -0.2) is 4.57 Å². The van der Waals surface area contributed by atoms with Crippen molar-refractivity contribution >= 4 is 37.6 Å². The molecule has 45 heavy (non-hydrogen) atoms. The van der Waals surface area contributed by atoms with E-state index in [2.05, 4.69) is 0 Å². The Balaban J connectivity index is 1.77. The molecule has 3 aliphatic rings. The van der Waals surface area contributed by atoms with Crippen LogP contribution < -0.4 is 9.26 Å². The van der Waals surface area contributed by atoms with E-state index in [1.165, 1.54) is 31.0 Å². The molecule has 16 nitrogen and oxygen atoms in total. The highest BCUT2D eigenvalue weighted by molar-refractivity contribution is 7.51. The molecule has 0 bridgehead atoms. The standard InChI is InChI=1S/C28H36NO15P/c1-15(30)38-14-21-24(39-16(2)31)25(40-17(3)32)23-27(42-28(21,23)41-18(4)33)44-45(35,29-13-7-8-22(29)26(34)37-6)43-20-11-9-19(36-5)10-12-20/h9-12,21-25,27H,7-8,13-14H2,1-6H3/t21?,22-,23?,24+,25?,27+,28?,45?/m0/s1. The summed E-state index contributed by atoms with van der Waals surface area (Å²) in [6, 6.07) is 5.07. The summed E-state index contributed by atoms with van der Waals surface area (Å²) < 4.78 is 66.0. The Morgan fingerprint density at radius 3 is 2.09 bits per heavy atom. The second kappa shape index (κ2) is 13.7. The van der Waals surface area contributed by atoms with Gasteiger partial charge < -0.3 is 37.7 Å². The molecule has 0 radical (unpaired) electrons. The topological polar surface area (TPSA) is 189 Å². The zero-order valence-corrected chi connectivity index (χ0v) is 26.5. The Hall–Kier alpha value is -3.72. The van der Waals surface area contributed by atoms with Gasteiger partial charge in [-0.05, 0) is 37.1 Å². The predicted molar refractivity (Wildman–Crippen MR) is 148 cm³/mol. The van der Waals surface area contributed by atoms with Gasteiger partial charge in [0, 0.05) is 34.2 Å². The molecule has 5 unspecified atom stereocenters. The number of rotatable bonds is 12. The number of esters is 5. The molecule has 0 amide bonds. The minimum Gasteiger partial charge on any atom is -0.497 e. The third-order valence-corrected chi connectivity index (χ3v) is 9.58. The van der Waals surface area contributed by atoms with Gasteiger partial charge in [-0.15, -0.1) is 0 Å². The van der Waals surface area contributed by atoms with E-state index in [0.29, 0.717) is 12.2 Å². The van der Waals surface area contributed by atoms with E-state index in [1.807, 2.05) is 0 Å². The molecule has 4 rings (SSSR count). The molecule has 0 spiro atoms. The molecule has 2 aliphatic heterocycles. The first-order chi connectivity index (χ1) is 21.2. The van der Waals surface area contributed by atoms with E-state index in [9.17, 15) is 28.5 Å². The van der Waals surface area contributed by atoms with E-state index in [0.717, 1.165) is 27.7 Å². The Bertz CT molecular complexity index is 1350. The summed E-state index contributed by atoms with van der Waals surface area (Å²) in [4.78, 5) is 61.2. The van der Waals surface area contributed by atoms with Crippen molar-refractivity contribution in [3.05, 3.63) is 24.3 Å². The van der Waals surface area contributed by atoms with Crippen molar-refractivity contribution in [3.8, 4) is 11.5 Å². The van der Waals surface area contributed by atoms with Crippen LogP contribution in [0.1, 0.15) is 40.5 Å². The molecule has 248 valence electrons. The molecule has 1 aliphatic carbocycles. The van der Waals surface area contributed by atoms with Crippen LogP contribution in [0.5, 0.6) is 11.5 Å². The number of hydrogen-bond donors (Lipinski definition) is 0. The van der Waals surface area contributed by atoms with Crippen LogP contribution in [0.4, 0.5) is 0 Å². The van der Waals surface area contributed by atoms with Gasteiger partial charge in [-0.2, -0.15) is 4.67 Å².